The number of benzene rings is 1. The van der Waals surface area contributed by atoms with Gasteiger partial charge in [-0.3, -0.25) is 10.1 Å². The summed E-state index contributed by atoms with van der Waals surface area (Å²) in [4.78, 5) is 11.2. The molecule has 0 unspecified atom stereocenters. The number of hydrogen-bond acceptors (Lipinski definition) is 4. The Kier molecular flexibility index (Phi) is 6.62. The fourth-order valence-corrected chi connectivity index (χ4v) is 4.03. The molecular weight excluding hydrogens is 342 g/mol. The summed E-state index contributed by atoms with van der Waals surface area (Å²) in [5, 5.41) is 11.6. The van der Waals surface area contributed by atoms with Gasteiger partial charge < -0.3 is 9.47 Å². The molecule has 1 aromatic carbocycles. The van der Waals surface area contributed by atoms with Crippen LogP contribution in [-0.2, 0) is 0 Å². The average molecular weight is 380 g/mol. The van der Waals surface area contributed by atoms with Gasteiger partial charge in [-0.25, -0.2) is 0 Å². The topological polar surface area (TPSA) is 61.6 Å². The second-order valence-electron chi connectivity index (χ2n) is 11.1. The molecule has 0 atom stereocenters. The molecule has 0 fully saturated rings. The van der Waals surface area contributed by atoms with Gasteiger partial charge in [-0.15, -0.1) is 0 Å². The summed E-state index contributed by atoms with van der Waals surface area (Å²) in [5.74, 6) is 0.757. The summed E-state index contributed by atoms with van der Waals surface area (Å²) < 4.78 is 12.1. The van der Waals surface area contributed by atoms with Crippen LogP contribution in [0.15, 0.2) is 18.2 Å². The normalized spacial score (nSPS) is 13.4. The molecule has 0 aliphatic rings. The number of nitrogens with zero attached hydrogens (tertiary/aromatic N) is 1. The molecule has 0 saturated heterocycles. The van der Waals surface area contributed by atoms with Crippen LogP contribution < -0.4 is 9.47 Å². The first-order valence-corrected chi connectivity index (χ1v) is 9.56. The zero-order valence-electron chi connectivity index (χ0n) is 18.7. The fourth-order valence-electron chi connectivity index (χ4n) is 4.03. The lowest BCUT2D eigenvalue weighted by atomic mass is 9.83. The summed E-state index contributed by atoms with van der Waals surface area (Å²) >= 11 is 0. The minimum atomic E-state index is -0.517. The first-order chi connectivity index (χ1) is 11.9. The Labute approximate surface area is 164 Å². The molecule has 0 aliphatic heterocycles. The molecule has 0 radical (unpaired) electrons. The van der Waals surface area contributed by atoms with E-state index in [1.54, 1.807) is 12.1 Å². The van der Waals surface area contributed by atoms with Gasteiger partial charge in [-0.2, -0.15) is 0 Å². The van der Waals surface area contributed by atoms with Crippen molar-refractivity contribution in [1.82, 2.24) is 0 Å². The zero-order valence-corrected chi connectivity index (χ0v) is 18.7. The van der Waals surface area contributed by atoms with Gasteiger partial charge in [0.15, 0.2) is 5.75 Å². The van der Waals surface area contributed by atoms with Crippen molar-refractivity contribution in [3.8, 4) is 11.5 Å². The van der Waals surface area contributed by atoms with Crippen LogP contribution in [0.1, 0.15) is 82.1 Å². The molecule has 5 heteroatoms. The lowest BCUT2D eigenvalue weighted by Crippen LogP contribution is -2.34. The Morgan fingerprint density at radius 1 is 0.815 bits per heavy atom. The molecule has 0 saturated carbocycles. The third-order valence-corrected chi connectivity index (χ3v) is 3.82. The van der Waals surface area contributed by atoms with Gasteiger partial charge in [-0.05, 0) is 63.5 Å². The first kappa shape index (κ1) is 23.3. The highest BCUT2D eigenvalue weighted by molar-refractivity contribution is 5.51. The van der Waals surface area contributed by atoms with E-state index < -0.39 is 16.1 Å². The molecule has 1 aromatic rings. The summed E-state index contributed by atoms with van der Waals surface area (Å²) in [6.07, 6.45) is 1.60. The lowest BCUT2D eigenvalue weighted by Gasteiger charge is -2.34. The lowest BCUT2D eigenvalue weighted by molar-refractivity contribution is -0.386. The summed E-state index contributed by atoms with van der Waals surface area (Å²) in [6.45, 7) is 20.7. The molecule has 5 nitrogen and oxygen atoms in total. The van der Waals surface area contributed by atoms with Crippen molar-refractivity contribution >= 4 is 5.69 Å². The summed E-state index contributed by atoms with van der Waals surface area (Å²) in [6, 6.07) is 4.86. The van der Waals surface area contributed by atoms with Gasteiger partial charge in [0.25, 0.3) is 0 Å². The second-order valence-corrected chi connectivity index (χ2v) is 11.1. The Morgan fingerprint density at radius 3 is 1.67 bits per heavy atom. The maximum absolute atomic E-state index is 11.6. The predicted octanol–water partition coefficient (Wildman–Crippen LogP) is 6.78. The van der Waals surface area contributed by atoms with Crippen molar-refractivity contribution in [2.24, 2.45) is 10.8 Å². The smallest absolute Gasteiger partial charge is 0.314 e. The van der Waals surface area contributed by atoms with Crippen molar-refractivity contribution in [1.29, 1.82) is 0 Å². The minimum Gasteiger partial charge on any atom is -0.488 e. The van der Waals surface area contributed by atoms with Crippen molar-refractivity contribution < 1.29 is 14.4 Å². The molecule has 27 heavy (non-hydrogen) atoms. The third kappa shape index (κ3) is 8.63. The first-order valence-electron chi connectivity index (χ1n) is 9.56. The Bertz CT molecular complexity index is 664. The molecule has 0 heterocycles. The van der Waals surface area contributed by atoms with E-state index in [1.165, 1.54) is 6.07 Å². The van der Waals surface area contributed by atoms with E-state index in [9.17, 15) is 10.1 Å². The maximum Gasteiger partial charge on any atom is 0.314 e. The van der Waals surface area contributed by atoms with Gasteiger partial charge in [0.1, 0.15) is 17.0 Å². The fraction of sp³-hybridized carbons (Fsp3) is 0.727. The van der Waals surface area contributed by atoms with E-state index in [2.05, 4.69) is 41.5 Å². The van der Waals surface area contributed by atoms with Gasteiger partial charge in [0.05, 0.1) is 11.0 Å². The van der Waals surface area contributed by atoms with Crippen LogP contribution in [-0.4, -0.2) is 16.1 Å². The Hall–Kier alpha value is -1.78. The minimum absolute atomic E-state index is 0.0539. The van der Waals surface area contributed by atoms with Crippen LogP contribution in [0.3, 0.4) is 0 Å². The Morgan fingerprint density at radius 2 is 1.26 bits per heavy atom. The van der Waals surface area contributed by atoms with E-state index in [0.29, 0.717) is 5.75 Å². The third-order valence-electron chi connectivity index (χ3n) is 3.82. The van der Waals surface area contributed by atoms with Gasteiger partial charge in [0, 0.05) is 0 Å². The largest absolute Gasteiger partial charge is 0.488 e. The van der Waals surface area contributed by atoms with Crippen LogP contribution in [0.25, 0.3) is 0 Å². The van der Waals surface area contributed by atoms with Gasteiger partial charge >= 0.3 is 5.69 Å². The molecular formula is C22H37NO4. The molecule has 1 rings (SSSR count). The number of nitro benzene ring substituents is 1. The summed E-state index contributed by atoms with van der Waals surface area (Å²) in [5.41, 5.74) is -0.869. The average Bonchev–Trinajstić information content (AvgIpc) is 2.33. The van der Waals surface area contributed by atoms with Crippen LogP contribution in [0.2, 0.25) is 0 Å². The highest BCUT2D eigenvalue weighted by atomic mass is 16.6. The van der Waals surface area contributed by atoms with Crippen molar-refractivity contribution in [2.75, 3.05) is 0 Å². The zero-order chi connectivity index (χ0) is 21.3. The highest BCUT2D eigenvalue weighted by Gasteiger charge is 2.31. The van der Waals surface area contributed by atoms with Gasteiger partial charge in [0.2, 0.25) is 0 Å². The molecule has 0 amide bonds. The molecule has 0 aromatic heterocycles. The predicted molar refractivity (Wildman–Crippen MR) is 111 cm³/mol. The van der Waals surface area contributed by atoms with E-state index in [0.717, 1.165) is 12.8 Å². The van der Waals surface area contributed by atoms with Crippen LogP contribution in [0.5, 0.6) is 11.5 Å². The Balaban J connectivity index is 3.10. The molecule has 0 aliphatic carbocycles. The SMILES string of the molecule is CC(C)(C)CC(C)(C)Oc1ccc(OC(C)(C)CC(C)(C)C)c([N+](=O)[O-])c1. The van der Waals surface area contributed by atoms with Crippen LogP contribution in [0.4, 0.5) is 5.69 Å². The van der Waals surface area contributed by atoms with E-state index in [-0.39, 0.29) is 22.3 Å². The number of rotatable bonds is 7. The molecule has 154 valence electrons. The molecule has 0 bridgehead atoms. The molecule has 0 N–H and O–H groups in total. The molecule has 0 spiro atoms. The number of hydrogen-bond donors (Lipinski definition) is 0. The second kappa shape index (κ2) is 7.69. The van der Waals surface area contributed by atoms with Crippen molar-refractivity contribution in [3.05, 3.63) is 28.3 Å². The van der Waals surface area contributed by atoms with Crippen LogP contribution in [0, 0.1) is 20.9 Å². The van der Waals surface area contributed by atoms with Crippen molar-refractivity contribution in [2.45, 2.75) is 93.3 Å². The van der Waals surface area contributed by atoms with E-state index >= 15 is 0 Å². The number of nitro groups is 1. The van der Waals surface area contributed by atoms with Crippen molar-refractivity contribution in [3.63, 3.8) is 0 Å². The van der Waals surface area contributed by atoms with E-state index in [4.69, 9.17) is 9.47 Å². The van der Waals surface area contributed by atoms with Crippen LogP contribution >= 0.6 is 0 Å². The standard InChI is InChI=1S/C22H37NO4/c1-19(2,3)14-21(7,8)26-16-11-12-18(17(13-16)23(24)25)27-22(9,10)15-20(4,5)6/h11-13H,14-15H2,1-10H3. The monoisotopic (exact) mass is 379 g/mol. The van der Waals surface area contributed by atoms with E-state index in [1.807, 2.05) is 27.7 Å². The maximum atomic E-state index is 11.6. The van der Waals surface area contributed by atoms with Gasteiger partial charge in [-0.1, -0.05) is 41.5 Å². The quantitative estimate of drug-likeness (QED) is 0.387. The highest BCUT2D eigenvalue weighted by Crippen LogP contribution is 2.38. The number of ether oxygens (including phenoxy) is 2. The summed E-state index contributed by atoms with van der Waals surface area (Å²) in [7, 11) is 0.